The van der Waals surface area contributed by atoms with Gasteiger partial charge in [0, 0.05) is 13.1 Å². The largest absolute Gasteiger partial charge is 0.394 e. The van der Waals surface area contributed by atoms with Crippen LogP contribution in [0.4, 0.5) is 0 Å². The molecule has 0 unspecified atom stereocenters. The minimum absolute atomic E-state index is 0.154. The average Bonchev–Trinajstić information content (AvgIpc) is 3.92. The first-order chi connectivity index (χ1) is 37.2. The topological polar surface area (TPSA) is 288 Å². The third kappa shape index (κ3) is 23.2. The standard InChI is InChI=1S/C57H105N5O15/c1-5-7-9-11-13-15-17-19-21-22-24-26-28-30-32-34-36-61(38-44(64)58-35-33-31-29-27-25-23-20-18-16-14-12-10-8-6-2)54(72)42-37-62(60-59-42)55-53(77-57-50(70)48(68)46(66)41(4)74-57)51(71)52(43(39-63)75-55)76-56-49(69)47(67)45(65)40(3)73-56/h37,40-41,43,45-53,55-57,63,65-71H,5-36,38-39H2,1-4H3,(H,58,64)/t40-,41-,43+,45-,46-,47+,48+,49+,50+,51-,52+,53+,55+,56-,57-/m0/s1. The monoisotopic (exact) mass is 1100 g/mol. The third-order valence-electron chi connectivity index (χ3n) is 15.8. The molecule has 0 bridgehead atoms. The molecule has 2 amide bonds. The number of nitrogens with zero attached hydrogens (tertiary/aromatic N) is 4. The Morgan fingerprint density at radius 1 is 0.545 bits per heavy atom. The number of hydrogen-bond acceptors (Lipinski definition) is 17. The Kier molecular flexibility index (Phi) is 33.4. The molecule has 1 aromatic rings. The highest BCUT2D eigenvalue weighted by atomic mass is 16.7. The van der Waals surface area contributed by atoms with E-state index in [1.54, 1.807) is 0 Å². The Bertz CT molecular complexity index is 1700. The van der Waals surface area contributed by atoms with E-state index < -0.39 is 105 Å². The molecule has 4 heterocycles. The van der Waals surface area contributed by atoms with Gasteiger partial charge in [0.1, 0.15) is 61.0 Å². The van der Waals surface area contributed by atoms with Gasteiger partial charge in [-0.2, -0.15) is 0 Å². The summed E-state index contributed by atoms with van der Waals surface area (Å²) in [5.41, 5.74) is -0.154. The number of rotatable bonds is 41. The van der Waals surface area contributed by atoms with Gasteiger partial charge >= 0.3 is 0 Å². The molecule has 4 rings (SSSR count). The Balaban J connectivity index is 1.38. The van der Waals surface area contributed by atoms with Crippen molar-refractivity contribution in [3.05, 3.63) is 11.9 Å². The van der Waals surface area contributed by atoms with Crippen molar-refractivity contribution in [2.24, 2.45) is 0 Å². The van der Waals surface area contributed by atoms with Crippen LogP contribution in [0.2, 0.25) is 0 Å². The number of amides is 2. The van der Waals surface area contributed by atoms with Gasteiger partial charge in [0.05, 0.1) is 31.6 Å². The maximum atomic E-state index is 14.4. The number of aliphatic hydroxyl groups excluding tert-OH is 8. The van der Waals surface area contributed by atoms with Gasteiger partial charge in [-0.3, -0.25) is 9.59 Å². The van der Waals surface area contributed by atoms with E-state index in [1.165, 1.54) is 166 Å². The summed E-state index contributed by atoms with van der Waals surface area (Å²) in [7, 11) is 0. The number of carbonyl (C=O) groups excluding carboxylic acids is 2. The second-order valence-corrected chi connectivity index (χ2v) is 22.4. The van der Waals surface area contributed by atoms with Crippen LogP contribution in [0, 0.1) is 0 Å². The lowest BCUT2D eigenvalue weighted by Gasteiger charge is -2.48. The minimum Gasteiger partial charge on any atom is -0.394 e. The van der Waals surface area contributed by atoms with Crippen LogP contribution >= 0.6 is 0 Å². The molecule has 3 fully saturated rings. The van der Waals surface area contributed by atoms with Crippen LogP contribution in [0.25, 0.3) is 0 Å². The van der Waals surface area contributed by atoms with Crippen LogP contribution in [0.1, 0.15) is 237 Å². The maximum absolute atomic E-state index is 14.4. The van der Waals surface area contributed by atoms with Crippen LogP contribution in [-0.2, 0) is 28.5 Å². The Morgan fingerprint density at radius 3 is 1.38 bits per heavy atom. The Morgan fingerprint density at radius 2 is 0.948 bits per heavy atom. The van der Waals surface area contributed by atoms with Crippen molar-refractivity contribution < 1.29 is 74.1 Å². The normalized spacial score (nSPS) is 29.7. The zero-order valence-electron chi connectivity index (χ0n) is 47.5. The molecule has 1 aromatic heterocycles. The molecule has 77 heavy (non-hydrogen) atoms. The fraction of sp³-hybridized carbons (Fsp3) is 0.930. The fourth-order valence-corrected chi connectivity index (χ4v) is 10.7. The molecule has 20 nitrogen and oxygen atoms in total. The van der Waals surface area contributed by atoms with E-state index >= 15 is 0 Å². The van der Waals surface area contributed by atoms with E-state index in [0.717, 1.165) is 49.6 Å². The van der Waals surface area contributed by atoms with Gasteiger partial charge in [0.2, 0.25) is 5.91 Å². The molecular formula is C57H105N5O15. The van der Waals surface area contributed by atoms with Crippen molar-refractivity contribution in [3.63, 3.8) is 0 Å². The average molecular weight is 1100 g/mol. The fourth-order valence-electron chi connectivity index (χ4n) is 10.7. The van der Waals surface area contributed by atoms with E-state index in [2.05, 4.69) is 29.5 Å². The summed E-state index contributed by atoms with van der Waals surface area (Å²) in [5, 5.41) is 97.4. The van der Waals surface area contributed by atoms with Gasteiger partial charge in [0.25, 0.3) is 5.91 Å². The quantitative estimate of drug-likeness (QED) is 0.0327. The molecule has 9 N–H and O–H groups in total. The molecule has 3 aliphatic rings. The SMILES string of the molecule is CCCCCCCCCCCCCCCCCCN(CC(=O)NCCCCCCCCCCCCCCCC)C(=O)c1cn([C@@H]2O[C@H](CO)[C@@H](O[C@@H]3O[C@@H](C)[C@H](O)[C@@H](O)[C@H]3O)[C@H](O)[C@H]2O[C@@H]2O[C@@H](C)[C@H](O)[C@@H](O)[C@H]2O)nn1. The molecule has 448 valence electrons. The second-order valence-electron chi connectivity index (χ2n) is 22.4. The molecule has 0 saturated carbocycles. The predicted octanol–water partition coefficient (Wildman–Crippen LogP) is 6.26. The van der Waals surface area contributed by atoms with Crippen molar-refractivity contribution in [3.8, 4) is 0 Å². The van der Waals surface area contributed by atoms with E-state index in [-0.39, 0.29) is 24.7 Å². The van der Waals surface area contributed by atoms with E-state index in [9.17, 15) is 50.4 Å². The summed E-state index contributed by atoms with van der Waals surface area (Å²) in [4.78, 5) is 29.3. The molecule has 3 aliphatic heterocycles. The van der Waals surface area contributed by atoms with Crippen LogP contribution in [0.15, 0.2) is 6.20 Å². The van der Waals surface area contributed by atoms with Crippen molar-refractivity contribution in [2.75, 3.05) is 26.2 Å². The van der Waals surface area contributed by atoms with Gasteiger partial charge in [-0.1, -0.05) is 199 Å². The highest BCUT2D eigenvalue weighted by Gasteiger charge is 2.54. The molecule has 0 spiro atoms. The summed E-state index contributed by atoms with van der Waals surface area (Å²) in [6.45, 7) is 7.18. The third-order valence-corrected chi connectivity index (χ3v) is 15.8. The highest BCUT2D eigenvalue weighted by Crippen LogP contribution is 2.36. The number of hydrogen-bond donors (Lipinski definition) is 9. The summed E-state index contributed by atoms with van der Waals surface area (Å²) in [5.74, 6) is -0.870. The predicted molar refractivity (Wildman–Crippen MR) is 290 cm³/mol. The van der Waals surface area contributed by atoms with E-state index in [4.69, 9.17) is 23.7 Å². The zero-order valence-corrected chi connectivity index (χ0v) is 47.5. The highest BCUT2D eigenvalue weighted by molar-refractivity contribution is 5.94. The van der Waals surface area contributed by atoms with Crippen molar-refractivity contribution >= 4 is 11.8 Å². The lowest BCUT2D eigenvalue weighted by Crippen LogP contribution is -2.65. The van der Waals surface area contributed by atoms with Gasteiger partial charge in [0.15, 0.2) is 24.5 Å². The van der Waals surface area contributed by atoms with Gasteiger partial charge in [-0.05, 0) is 26.7 Å². The van der Waals surface area contributed by atoms with Gasteiger partial charge in [-0.25, -0.2) is 4.68 Å². The van der Waals surface area contributed by atoms with E-state index in [1.807, 2.05) is 0 Å². The van der Waals surface area contributed by atoms with Crippen LogP contribution in [-0.4, -0.2) is 185 Å². The smallest absolute Gasteiger partial charge is 0.276 e. The first-order valence-electron chi connectivity index (χ1n) is 30.4. The lowest BCUT2D eigenvalue weighted by molar-refractivity contribution is -0.369. The Hall–Kier alpha value is -2.44. The first-order valence-corrected chi connectivity index (χ1v) is 30.4. The molecule has 0 aliphatic carbocycles. The Labute approximate surface area is 460 Å². The van der Waals surface area contributed by atoms with Crippen LogP contribution < -0.4 is 5.32 Å². The number of unbranched alkanes of at least 4 members (excludes halogenated alkanes) is 28. The van der Waals surface area contributed by atoms with Crippen LogP contribution in [0.3, 0.4) is 0 Å². The minimum atomic E-state index is -1.82. The number of ether oxygens (including phenoxy) is 5. The lowest BCUT2D eigenvalue weighted by atomic mass is 9.96. The van der Waals surface area contributed by atoms with Crippen molar-refractivity contribution in [1.29, 1.82) is 0 Å². The number of carbonyl (C=O) groups is 2. The molecule has 0 radical (unpaired) electrons. The molecule has 3 saturated heterocycles. The second kappa shape index (κ2) is 38.3. The summed E-state index contributed by atoms with van der Waals surface area (Å²) in [6.07, 6.45) is 14.4. The molecule has 0 aromatic carbocycles. The summed E-state index contributed by atoms with van der Waals surface area (Å²) < 4.78 is 30.7. The van der Waals surface area contributed by atoms with Crippen molar-refractivity contribution in [2.45, 2.75) is 312 Å². The first kappa shape index (κ1) is 67.1. The van der Waals surface area contributed by atoms with Crippen molar-refractivity contribution in [1.82, 2.24) is 25.2 Å². The number of aliphatic hydroxyl groups is 8. The molecular weight excluding hydrogens is 995 g/mol. The number of aromatic nitrogens is 3. The maximum Gasteiger partial charge on any atom is 0.276 e. The summed E-state index contributed by atoms with van der Waals surface area (Å²) in [6, 6.07) is 0. The zero-order chi connectivity index (χ0) is 56.0. The van der Waals surface area contributed by atoms with Gasteiger partial charge in [-0.15, -0.1) is 5.10 Å². The van der Waals surface area contributed by atoms with E-state index in [0.29, 0.717) is 13.0 Å². The summed E-state index contributed by atoms with van der Waals surface area (Å²) >= 11 is 0. The van der Waals surface area contributed by atoms with Crippen LogP contribution in [0.5, 0.6) is 0 Å². The van der Waals surface area contributed by atoms with Gasteiger partial charge < -0.3 is 74.8 Å². The number of nitrogens with one attached hydrogen (secondary N) is 1. The molecule has 15 atom stereocenters. The molecule has 20 heteroatoms.